The van der Waals surface area contributed by atoms with Crippen LogP contribution in [0.3, 0.4) is 0 Å². The summed E-state index contributed by atoms with van der Waals surface area (Å²) in [4.78, 5) is 0. The van der Waals surface area contributed by atoms with E-state index in [4.69, 9.17) is 17.2 Å². The van der Waals surface area contributed by atoms with Crippen molar-refractivity contribution in [3.05, 3.63) is 34.5 Å². The van der Waals surface area contributed by atoms with Gasteiger partial charge in [0.2, 0.25) is 0 Å². The Morgan fingerprint density at radius 2 is 0.816 bits per heavy atom. The zero-order valence-electron chi connectivity index (χ0n) is 24.5. The van der Waals surface area contributed by atoms with E-state index in [1.807, 2.05) is 17.5 Å². The van der Waals surface area contributed by atoms with Crippen LogP contribution in [0.5, 0.6) is 0 Å². The molecule has 0 aromatic heterocycles. The highest BCUT2D eigenvalue weighted by atomic mass is 31.2. The molecule has 0 aliphatic carbocycles. The third-order valence-corrected chi connectivity index (χ3v) is 7.70. The standard InChI is InChI=1S/C27H60N9OP/c1-4-7-25(34-19-16-31-13-10-28)22-38(37,23-26(8-5-2)35-20-17-32-14-11-29)24-27(9-6-3)36-21-18-33-15-12-30/h22-24,31-36H,4-21,28-30H2,1-3H3. The molecule has 0 heterocycles. The van der Waals surface area contributed by atoms with Gasteiger partial charge >= 0.3 is 0 Å². The Balaban J connectivity index is 6.03. The van der Waals surface area contributed by atoms with Gasteiger partial charge in [0.25, 0.3) is 0 Å². The van der Waals surface area contributed by atoms with E-state index < -0.39 is 7.14 Å². The molecule has 0 saturated heterocycles. The highest BCUT2D eigenvalue weighted by Gasteiger charge is 2.18. The van der Waals surface area contributed by atoms with Crippen molar-refractivity contribution in [2.45, 2.75) is 59.3 Å². The summed E-state index contributed by atoms with van der Waals surface area (Å²) in [5.74, 6) is 5.94. The fourth-order valence-electron chi connectivity index (χ4n) is 3.86. The van der Waals surface area contributed by atoms with Crippen LogP contribution in [-0.4, -0.2) is 78.5 Å². The first-order valence-corrected chi connectivity index (χ1v) is 16.6. The Labute approximate surface area is 233 Å². The minimum atomic E-state index is -2.96. The summed E-state index contributed by atoms with van der Waals surface area (Å²) in [6.45, 7) is 15.4. The molecule has 224 valence electrons. The molecule has 38 heavy (non-hydrogen) atoms. The Kier molecular flexibility index (Phi) is 24.9. The molecule has 0 aliphatic heterocycles. The number of nitrogens with two attached hydrogens (primary N) is 3. The van der Waals surface area contributed by atoms with Crippen molar-refractivity contribution in [1.82, 2.24) is 31.9 Å². The second-order valence-electron chi connectivity index (χ2n) is 9.37. The van der Waals surface area contributed by atoms with Gasteiger partial charge in [-0.2, -0.15) is 0 Å². The second kappa shape index (κ2) is 25.9. The molecular formula is C27H60N9OP. The molecule has 0 aromatic rings. The minimum absolute atomic E-state index is 0.617. The number of allylic oxidation sites excluding steroid dienone is 3. The molecule has 0 spiro atoms. The van der Waals surface area contributed by atoms with E-state index in [1.165, 1.54) is 0 Å². The largest absolute Gasteiger partial charge is 0.387 e. The maximum absolute atomic E-state index is 14.6. The molecule has 0 saturated carbocycles. The van der Waals surface area contributed by atoms with Crippen LogP contribution in [0.15, 0.2) is 34.5 Å². The summed E-state index contributed by atoms with van der Waals surface area (Å²) < 4.78 is 14.6. The smallest absolute Gasteiger partial charge is 0.155 e. The van der Waals surface area contributed by atoms with Gasteiger partial charge in [0.15, 0.2) is 7.14 Å². The molecule has 11 heteroatoms. The van der Waals surface area contributed by atoms with E-state index in [-0.39, 0.29) is 0 Å². The third-order valence-electron chi connectivity index (χ3n) is 5.56. The second-order valence-corrected chi connectivity index (χ2v) is 11.7. The Morgan fingerprint density at radius 3 is 1.05 bits per heavy atom. The number of hydrogen-bond donors (Lipinski definition) is 9. The number of rotatable bonds is 27. The van der Waals surface area contributed by atoms with Gasteiger partial charge in [0.1, 0.15) is 0 Å². The lowest BCUT2D eigenvalue weighted by Crippen LogP contribution is -2.30. The zero-order valence-corrected chi connectivity index (χ0v) is 25.4. The van der Waals surface area contributed by atoms with Crippen molar-refractivity contribution >= 4 is 7.14 Å². The van der Waals surface area contributed by atoms with E-state index >= 15 is 0 Å². The average molecular weight is 558 g/mol. The average Bonchev–Trinajstić information content (AvgIpc) is 2.88. The van der Waals surface area contributed by atoms with Gasteiger partial charge < -0.3 is 53.7 Å². The van der Waals surface area contributed by atoms with Crippen LogP contribution in [0.25, 0.3) is 0 Å². The summed E-state index contributed by atoms with van der Waals surface area (Å²) in [6, 6.07) is 0. The van der Waals surface area contributed by atoms with E-state index in [0.29, 0.717) is 19.6 Å². The van der Waals surface area contributed by atoms with Gasteiger partial charge in [-0.05, 0) is 19.3 Å². The summed E-state index contributed by atoms with van der Waals surface area (Å²) in [7, 11) is -2.96. The fourth-order valence-corrected chi connectivity index (χ4v) is 6.21. The SMILES string of the molecule is CCCC(=CP(=O)(C=C(CCC)NCCNCCN)C=C(CCC)NCCNCCN)NCCNCCN. The first kappa shape index (κ1) is 36.6. The van der Waals surface area contributed by atoms with Crippen LogP contribution in [0.4, 0.5) is 0 Å². The van der Waals surface area contributed by atoms with Crippen molar-refractivity contribution < 1.29 is 4.57 Å². The monoisotopic (exact) mass is 557 g/mol. The zero-order chi connectivity index (χ0) is 28.3. The van der Waals surface area contributed by atoms with Crippen LogP contribution in [0, 0.1) is 0 Å². The highest BCUT2D eigenvalue weighted by Crippen LogP contribution is 2.53. The molecule has 0 fully saturated rings. The first-order valence-electron chi connectivity index (χ1n) is 14.7. The van der Waals surface area contributed by atoms with Crippen molar-refractivity contribution in [3.8, 4) is 0 Å². The molecule has 0 amide bonds. The molecule has 0 atom stereocenters. The molecule has 0 aromatic carbocycles. The van der Waals surface area contributed by atoms with E-state index in [2.05, 4.69) is 52.7 Å². The molecule has 0 aliphatic rings. The Morgan fingerprint density at radius 1 is 0.526 bits per heavy atom. The molecule has 0 rings (SSSR count). The lowest BCUT2D eigenvalue weighted by molar-refractivity contribution is 0.588. The maximum Gasteiger partial charge on any atom is 0.155 e. The van der Waals surface area contributed by atoms with E-state index in [1.54, 1.807) is 0 Å². The topological polar surface area (TPSA) is 167 Å². The van der Waals surface area contributed by atoms with Gasteiger partial charge in [0.05, 0.1) is 0 Å². The molecule has 12 N–H and O–H groups in total. The van der Waals surface area contributed by atoms with Gasteiger partial charge in [0, 0.05) is 113 Å². The van der Waals surface area contributed by atoms with E-state index in [0.717, 1.165) is 115 Å². The third kappa shape index (κ3) is 20.6. The Bertz CT molecular complexity index is 608. The Hall–Kier alpha value is -1.39. The quantitative estimate of drug-likeness (QED) is 0.0535. The molecule has 0 unspecified atom stereocenters. The van der Waals surface area contributed by atoms with Crippen LogP contribution in [-0.2, 0) is 4.57 Å². The summed E-state index contributed by atoms with van der Waals surface area (Å²) >= 11 is 0. The van der Waals surface area contributed by atoms with Crippen LogP contribution >= 0.6 is 7.14 Å². The fraction of sp³-hybridized carbons (Fsp3) is 0.778. The number of hydrogen-bond acceptors (Lipinski definition) is 10. The van der Waals surface area contributed by atoms with Crippen LogP contribution in [0.2, 0.25) is 0 Å². The summed E-state index contributed by atoms with van der Waals surface area (Å²) in [5.41, 5.74) is 19.8. The van der Waals surface area contributed by atoms with Crippen molar-refractivity contribution in [3.63, 3.8) is 0 Å². The van der Waals surface area contributed by atoms with Crippen LogP contribution < -0.4 is 49.1 Å². The van der Waals surface area contributed by atoms with Gasteiger partial charge in [-0.3, -0.25) is 0 Å². The highest BCUT2D eigenvalue weighted by molar-refractivity contribution is 7.73. The van der Waals surface area contributed by atoms with Gasteiger partial charge in [-0.25, -0.2) is 0 Å². The van der Waals surface area contributed by atoms with Crippen molar-refractivity contribution in [1.29, 1.82) is 0 Å². The van der Waals surface area contributed by atoms with Gasteiger partial charge in [-0.1, -0.05) is 40.0 Å². The molecular weight excluding hydrogens is 497 g/mol. The molecule has 0 bridgehead atoms. The predicted octanol–water partition coefficient (Wildman–Crippen LogP) is 1.69. The summed E-state index contributed by atoms with van der Waals surface area (Å²) in [6.07, 6.45) is 5.47. The molecule has 0 radical (unpaired) electrons. The lowest BCUT2D eigenvalue weighted by atomic mass is 10.3. The minimum Gasteiger partial charge on any atom is -0.387 e. The maximum atomic E-state index is 14.6. The van der Waals surface area contributed by atoms with E-state index in [9.17, 15) is 4.57 Å². The van der Waals surface area contributed by atoms with Crippen molar-refractivity contribution in [2.24, 2.45) is 17.2 Å². The number of nitrogens with one attached hydrogen (secondary N) is 6. The lowest BCUT2D eigenvalue weighted by Gasteiger charge is -2.18. The summed E-state index contributed by atoms with van der Waals surface area (Å²) in [5, 5.41) is 20.5. The van der Waals surface area contributed by atoms with Gasteiger partial charge in [-0.15, -0.1) is 0 Å². The first-order chi connectivity index (χ1) is 18.5. The van der Waals surface area contributed by atoms with Crippen molar-refractivity contribution in [2.75, 3.05) is 78.5 Å². The normalized spacial score (nSPS) is 14.4. The molecule has 10 nitrogen and oxygen atoms in total. The predicted molar refractivity (Wildman–Crippen MR) is 166 cm³/mol. The van der Waals surface area contributed by atoms with Crippen LogP contribution in [0.1, 0.15) is 59.3 Å².